The number of amides is 1. The number of aliphatic imine (C=N–C) groups is 1. The fourth-order valence-corrected chi connectivity index (χ4v) is 4.50. The Morgan fingerprint density at radius 1 is 1.26 bits per heavy atom. The van der Waals surface area contributed by atoms with Crippen molar-refractivity contribution in [1.29, 1.82) is 5.26 Å². The summed E-state index contributed by atoms with van der Waals surface area (Å²) < 4.78 is 11.7. The van der Waals surface area contributed by atoms with Crippen LogP contribution in [0.25, 0.3) is 6.08 Å². The first kappa shape index (κ1) is 24.6. The Labute approximate surface area is 210 Å². The summed E-state index contributed by atoms with van der Waals surface area (Å²) in [6, 6.07) is 1.88. The third-order valence-electron chi connectivity index (χ3n) is 5.81. The number of rotatable bonds is 8. The van der Waals surface area contributed by atoms with E-state index in [9.17, 15) is 10.1 Å². The molecule has 1 amide bonds. The Balaban J connectivity index is 1.57. The van der Waals surface area contributed by atoms with Crippen LogP contribution in [0.1, 0.15) is 49.9 Å². The van der Waals surface area contributed by atoms with Gasteiger partial charge in [-0.05, 0) is 31.9 Å². The Morgan fingerprint density at radius 3 is 2.80 bits per heavy atom. The number of carbonyl (C=O) groups excluding carboxylic acids is 1. The Morgan fingerprint density at radius 2 is 2.11 bits per heavy atom. The third-order valence-corrected chi connectivity index (χ3v) is 6.18. The van der Waals surface area contributed by atoms with Gasteiger partial charge in [-0.3, -0.25) is 14.8 Å². The number of anilines is 1. The van der Waals surface area contributed by atoms with E-state index in [2.05, 4.69) is 32.8 Å². The van der Waals surface area contributed by atoms with Crippen LogP contribution in [0.15, 0.2) is 52.3 Å². The lowest BCUT2D eigenvalue weighted by Crippen LogP contribution is -2.39. The van der Waals surface area contributed by atoms with Gasteiger partial charge in [0.05, 0.1) is 40.7 Å². The average molecular weight is 494 g/mol. The smallest absolute Gasteiger partial charge is 0.217 e. The van der Waals surface area contributed by atoms with E-state index in [1.807, 2.05) is 31.4 Å². The maximum Gasteiger partial charge on any atom is 0.217 e. The van der Waals surface area contributed by atoms with Crippen molar-refractivity contribution in [2.75, 3.05) is 18.5 Å². The van der Waals surface area contributed by atoms with Crippen LogP contribution in [-0.4, -0.2) is 41.7 Å². The molecule has 1 aliphatic heterocycles. The van der Waals surface area contributed by atoms with Gasteiger partial charge in [0.1, 0.15) is 24.2 Å². The van der Waals surface area contributed by atoms with Crippen LogP contribution in [-0.2, 0) is 20.7 Å². The topological polar surface area (TPSA) is 109 Å². The quantitative estimate of drug-likeness (QED) is 0.521. The molecule has 0 bridgehead atoms. The van der Waals surface area contributed by atoms with Crippen LogP contribution in [0.4, 0.5) is 5.69 Å². The molecule has 2 heterocycles. The number of alkyl halides is 1. The summed E-state index contributed by atoms with van der Waals surface area (Å²) in [6.45, 7) is 4.22. The Kier molecular flexibility index (Phi) is 7.88. The van der Waals surface area contributed by atoms with Gasteiger partial charge in [0.25, 0.3) is 0 Å². The van der Waals surface area contributed by atoms with E-state index in [0.29, 0.717) is 54.5 Å². The summed E-state index contributed by atoms with van der Waals surface area (Å²) in [6.07, 6.45) is 14.0. The van der Waals surface area contributed by atoms with Crippen molar-refractivity contribution in [2.45, 2.75) is 50.9 Å². The first-order chi connectivity index (χ1) is 17.0. The van der Waals surface area contributed by atoms with Gasteiger partial charge in [-0.15, -0.1) is 11.6 Å². The van der Waals surface area contributed by atoms with Crippen molar-refractivity contribution in [3.8, 4) is 6.07 Å². The number of nitrogens with one attached hydrogen (secondary N) is 2. The second-order valence-electron chi connectivity index (χ2n) is 8.39. The molecule has 2 unspecified atom stereocenters. The molecule has 182 valence electrons. The molecule has 0 radical (unpaired) electrons. The highest BCUT2D eigenvalue weighted by molar-refractivity contribution is 6.22. The zero-order valence-electron chi connectivity index (χ0n) is 19.8. The molecule has 1 aromatic heterocycles. The predicted molar refractivity (Wildman–Crippen MR) is 136 cm³/mol. The average Bonchev–Trinajstić information content (AvgIpc) is 2.85. The minimum Gasteiger partial charge on any atom is -0.496 e. The molecule has 0 spiro atoms. The zero-order chi connectivity index (χ0) is 24.8. The molecule has 1 aromatic rings. The number of pyridine rings is 1. The molecular formula is C26H28ClN5O3. The lowest BCUT2D eigenvalue weighted by Gasteiger charge is -2.29. The lowest BCUT2D eigenvalue weighted by molar-refractivity contribution is -0.119. The highest BCUT2D eigenvalue weighted by Crippen LogP contribution is 2.34. The van der Waals surface area contributed by atoms with Gasteiger partial charge in [0.2, 0.25) is 5.91 Å². The number of halogens is 1. The highest BCUT2D eigenvalue weighted by Gasteiger charge is 2.28. The summed E-state index contributed by atoms with van der Waals surface area (Å²) in [7, 11) is 0. The molecule has 0 aromatic carbocycles. The van der Waals surface area contributed by atoms with Crippen LogP contribution < -0.4 is 10.6 Å². The van der Waals surface area contributed by atoms with E-state index in [1.165, 1.54) is 6.92 Å². The van der Waals surface area contributed by atoms with Gasteiger partial charge in [0.15, 0.2) is 0 Å². The number of fused-ring (bicyclic) bond motifs is 1. The molecule has 0 fully saturated rings. The van der Waals surface area contributed by atoms with Gasteiger partial charge < -0.3 is 20.1 Å². The Bertz CT molecular complexity index is 1190. The summed E-state index contributed by atoms with van der Waals surface area (Å²) in [5.41, 5.74) is 4.38. The molecule has 2 atom stereocenters. The van der Waals surface area contributed by atoms with Gasteiger partial charge in [0, 0.05) is 49.5 Å². The van der Waals surface area contributed by atoms with Crippen LogP contribution >= 0.6 is 11.6 Å². The molecule has 8 nitrogen and oxygen atoms in total. The van der Waals surface area contributed by atoms with Gasteiger partial charge in [-0.1, -0.05) is 6.08 Å². The first-order valence-electron chi connectivity index (χ1n) is 11.7. The summed E-state index contributed by atoms with van der Waals surface area (Å²) in [5, 5.41) is 15.7. The third kappa shape index (κ3) is 5.92. The van der Waals surface area contributed by atoms with Crippen molar-refractivity contribution in [2.24, 2.45) is 4.99 Å². The number of hydrogen-bond donors (Lipinski definition) is 2. The van der Waals surface area contributed by atoms with E-state index < -0.39 is 0 Å². The lowest BCUT2D eigenvalue weighted by atomic mass is 9.92. The van der Waals surface area contributed by atoms with Crippen LogP contribution in [0.5, 0.6) is 0 Å². The number of nitriles is 1. The molecule has 0 saturated heterocycles. The fourth-order valence-electron chi connectivity index (χ4n) is 4.20. The number of allylic oxidation sites excluding steroid dienone is 5. The van der Waals surface area contributed by atoms with Gasteiger partial charge in [-0.25, -0.2) is 0 Å². The summed E-state index contributed by atoms with van der Waals surface area (Å²) >= 11 is 6.63. The maximum absolute atomic E-state index is 11.8. The molecular weight excluding hydrogens is 466 g/mol. The molecule has 0 saturated carbocycles. The van der Waals surface area contributed by atoms with Crippen LogP contribution in [0.3, 0.4) is 0 Å². The molecule has 35 heavy (non-hydrogen) atoms. The van der Waals surface area contributed by atoms with Crippen LogP contribution in [0.2, 0.25) is 0 Å². The Hall–Kier alpha value is -3.57. The van der Waals surface area contributed by atoms with Gasteiger partial charge >= 0.3 is 0 Å². The number of nitrogens with zero attached hydrogens (tertiary/aromatic N) is 3. The second-order valence-corrected chi connectivity index (χ2v) is 8.92. The van der Waals surface area contributed by atoms with Crippen LogP contribution in [0, 0.1) is 11.3 Å². The molecule has 3 aliphatic rings. The van der Waals surface area contributed by atoms with E-state index in [1.54, 1.807) is 6.20 Å². The molecule has 4 rings (SSSR count). The molecule has 2 aliphatic carbocycles. The maximum atomic E-state index is 11.8. The normalized spacial score (nSPS) is 20.9. The second kappa shape index (κ2) is 11.2. The predicted octanol–water partition coefficient (Wildman–Crippen LogP) is 4.35. The number of ether oxygens (including phenoxy) is 2. The van der Waals surface area contributed by atoms with Crippen molar-refractivity contribution in [3.05, 3.63) is 64.2 Å². The van der Waals surface area contributed by atoms with Crippen molar-refractivity contribution >= 4 is 35.5 Å². The van der Waals surface area contributed by atoms with Gasteiger partial charge in [-0.2, -0.15) is 5.26 Å². The zero-order valence-corrected chi connectivity index (χ0v) is 20.6. The largest absolute Gasteiger partial charge is 0.496 e. The highest BCUT2D eigenvalue weighted by atomic mass is 35.5. The summed E-state index contributed by atoms with van der Waals surface area (Å²) in [5.74, 6) is 1.18. The standard InChI is InChI=1S/C26H28ClN5O3/c1-3-34-25-12-22-20(11-23(25)31-16(2)33)26(17(13-28)14-30-22)32-18-7-8-24(21(27)10-18)35-15-19-6-4-5-9-29-19/h6-9,12,14,21,23H,3-5,10-11,15H2,1-2H3,(H,30,32)(H,31,33). The van der Waals surface area contributed by atoms with E-state index in [-0.39, 0.29) is 17.3 Å². The van der Waals surface area contributed by atoms with E-state index >= 15 is 0 Å². The first-order valence-corrected chi connectivity index (χ1v) is 12.1. The minimum absolute atomic E-state index is 0.157. The SMILES string of the molecule is CCOC1=Cc2ncc(C#N)c(NC3=CC=C(OCC4=CCCC=N4)C(Cl)C3)c2CC1NC(C)=O. The number of carbonyl (C=O) groups is 1. The molecule has 2 N–H and O–H groups in total. The van der Waals surface area contributed by atoms with E-state index in [4.69, 9.17) is 21.1 Å². The summed E-state index contributed by atoms with van der Waals surface area (Å²) in [4.78, 5) is 20.6. The van der Waals surface area contributed by atoms with Crippen molar-refractivity contribution in [1.82, 2.24) is 10.3 Å². The van der Waals surface area contributed by atoms with E-state index in [0.717, 1.165) is 29.8 Å². The van der Waals surface area contributed by atoms with Crippen molar-refractivity contribution < 1.29 is 14.3 Å². The van der Waals surface area contributed by atoms with Crippen molar-refractivity contribution in [3.63, 3.8) is 0 Å². The monoisotopic (exact) mass is 493 g/mol. The number of hydrogen-bond acceptors (Lipinski definition) is 7. The fraction of sp³-hybridized carbons (Fsp3) is 0.385. The number of aromatic nitrogens is 1. The molecule has 9 heteroatoms. The minimum atomic E-state index is -0.351.